The van der Waals surface area contributed by atoms with Crippen molar-refractivity contribution in [2.24, 2.45) is 11.0 Å². The van der Waals surface area contributed by atoms with E-state index in [0.717, 1.165) is 18.4 Å². The topological polar surface area (TPSA) is 58.5 Å². The SMILES string of the molecule is Cc1ccc(S(=O)(=O)N/N=C/C2CCCCC2)cc1. The molecule has 1 aromatic carbocycles. The summed E-state index contributed by atoms with van der Waals surface area (Å²) in [7, 11) is -3.53. The van der Waals surface area contributed by atoms with Gasteiger partial charge in [-0.3, -0.25) is 0 Å². The molecule has 1 fully saturated rings. The van der Waals surface area contributed by atoms with Gasteiger partial charge in [-0.2, -0.15) is 13.5 Å². The molecule has 1 aliphatic rings. The number of rotatable bonds is 4. The third kappa shape index (κ3) is 4.06. The summed E-state index contributed by atoms with van der Waals surface area (Å²) in [6.45, 7) is 1.92. The number of nitrogens with one attached hydrogen (secondary N) is 1. The first kappa shape index (κ1) is 14.1. The molecule has 0 saturated heterocycles. The van der Waals surface area contributed by atoms with Gasteiger partial charge in [-0.15, -0.1) is 0 Å². The van der Waals surface area contributed by atoms with Crippen molar-refractivity contribution in [1.82, 2.24) is 4.83 Å². The third-order valence-electron chi connectivity index (χ3n) is 3.44. The van der Waals surface area contributed by atoms with E-state index in [4.69, 9.17) is 0 Å². The van der Waals surface area contributed by atoms with Gasteiger partial charge in [-0.25, -0.2) is 4.83 Å². The van der Waals surface area contributed by atoms with E-state index < -0.39 is 10.0 Å². The Labute approximate surface area is 115 Å². The second-order valence-electron chi connectivity index (χ2n) is 5.08. The first-order valence-corrected chi connectivity index (χ1v) is 8.18. The minimum absolute atomic E-state index is 0.249. The van der Waals surface area contributed by atoms with Crippen LogP contribution in [0.2, 0.25) is 0 Å². The molecule has 4 nitrogen and oxygen atoms in total. The summed E-state index contributed by atoms with van der Waals surface area (Å²) in [6.07, 6.45) is 7.65. The van der Waals surface area contributed by atoms with E-state index in [1.165, 1.54) is 19.3 Å². The third-order valence-corrected chi connectivity index (χ3v) is 4.68. The van der Waals surface area contributed by atoms with Crippen LogP contribution in [-0.4, -0.2) is 14.6 Å². The van der Waals surface area contributed by atoms with Crippen molar-refractivity contribution in [3.63, 3.8) is 0 Å². The minimum Gasteiger partial charge on any atom is -0.200 e. The molecule has 0 aliphatic heterocycles. The lowest BCUT2D eigenvalue weighted by Gasteiger charge is -2.16. The van der Waals surface area contributed by atoms with E-state index in [2.05, 4.69) is 9.93 Å². The van der Waals surface area contributed by atoms with Crippen LogP contribution >= 0.6 is 0 Å². The van der Waals surface area contributed by atoms with Gasteiger partial charge >= 0.3 is 0 Å². The van der Waals surface area contributed by atoms with Crippen LogP contribution in [0, 0.1) is 12.8 Å². The highest BCUT2D eigenvalue weighted by molar-refractivity contribution is 7.89. The molecule has 0 heterocycles. The van der Waals surface area contributed by atoms with E-state index in [-0.39, 0.29) is 4.90 Å². The first-order chi connectivity index (χ1) is 9.08. The molecule has 0 amide bonds. The Kier molecular flexibility index (Phi) is 4.58. The van der Waals surface area contributed by atoms with Crippen molar-refractivity contribution in [1.29, 1.82) is 0 Å². The second kappa shape index (κ2) is 6.19. The summed E-state index contributed by atoms with van der Waals surface area (Å²) in [5, 5.41) is 3.90. The number of hydrazone groups is 1. The molecule has 104 valence electrons. The van der Waals surface area contributed by atoms with Gasteiger partial charge in [0.15, 0.2) is 0 Å². The Morgan fingerprint density at radius 2 is 1.79 bits per heavy atom. The van der Waals surface area contributed by atoms with Gasteiger partial charge in [0.1, 0.15) is 0 Å². The highest BCUT2D eigenvalue weighted by atomic mass is 32.2. The highest BCUT2D eigenvalue weighted by Gasteiger charge is 2.13. The van der Waals surface area contributed by atoms with Crippen LogP contribution in [0.3, 0.4) is 0 Å². The molecule has 1 N–H and O–H groups in total. The molecule has 1 aromatic rings. The zero-order valence-electron chi connectivity index (χ0n) is 11.2. The maximum atomic E-state index is 12.0. The summed E-state index contributed by atoms with van der Waals surface area (Å²) in [5.41, 5.74) is 1.03. The second-order valence-corrected chi connectivity index (χ2v) is 6.74. The fraction of sp³-hybridized carbons (Fsp3) is 0.500. The van der Waals surface area contributed by atoms with E-state index >= 15 is 0 Å². The molecule has 0 radical (unpaired) electrons. The summed E-state index contributed by atoms with van der Waals surface area (Å²) in [6, 6.07) is 6.74. The molecular formula is C14H20N2O2S. The fourth-order valence-electron chi connectivity index (χ4n) is 2.26. The molecule has 0 unspecified atom stereocenters. The molecule has 0 aromatic heterocycles. The van der Waals surface area contributed by atoms with Crippen LogP contribution < -0.4 is 4.83 Å². The van der Waals surface area contributed by atoms with Crippen LogP contribution in [0.4, 0.5) is 0 Å². The number of hydrogen-bond acceptors (Lipinski definition) is 3. The van der Waals surface area contributed by atoms with E-state index in [1.807, 2.05) is 6.92 Å². The maximum Gasteiger partial charge on any atom is 0.276 e. The Balaban J connectivity index is 1.97. The van der Waals surface area contributed by atoms with Gasteiger partial charge in [-0.1, -0.05) is 37.0 Å². The van der Waals surface area contributed by atoms with Crippen molar-refractivity contribution < 1.29 is 8.42 Å². The number of aryl methyl sites for hydroxylation is 1. The first-order valence-electron chi connectivity index (χ1n) is 6.69. The quantitative estimate of drug-likeness (QED) is 0.681. The predicted molar refractivity (Wildman–Crippen MR) is 76.6 cm³/mol. The van der Waals surface area contributed by atoms with Gasteiger partial charge in [0.05, 0.1) is 4.90 Å². The number of sulfonamides is 1. The van der Waals surface area contributed by atoms with Crippen molar-refractivity contribution in [3.8, 4) is 0 Å². The van der Waals surface area contributed by atoms with E-state index in [9.17, 15) is 8.42 Å². The zero-order valence-corrected chi connectivity index (χ0v) is 12.0. The maximum absolute atomic E-state index is 12.0. The van der Waals surface area contributed by atoms with Gasteiger partial charge in [0, 0.05) is 6.21 Å². The fourth-order valence-corrected chi connectivity index (χ4v) is 3.06. The summed E-state index contributed by atoms with van der Waals surface area (Å²) in [4.78, 5) is 2.53. The Morgan fingerprint density at radius 1 is 1.16 bits per heavy atom. The number of hydrogen-bond donors (Lipinski definition) is 1. The molecule has 0 bridgehead atoms. The number of nitrogens with zero attached hydrogens (tertiary/aromatic N) is 1. The van der Waals surface area contributed by atoms with Gasteiger partial charge in [0.25, 0.3) is 10.0 Å². The normalized spacial score (nSPS) is 17.7. The summed E-state index contributed by atoms with van der Waals surface area (Å²) >= 11 is 0. The van der Waals surface area contributed by atoms with Gasteiger partial charge < -0.3 is 0 Å². The van der Waals surface area contributed by atoms with Crippen molar-refractivity contribution in [3.05, 3.63) is 29.8 Å². The van der Waals surface area contributed by atoms with Gasteiger partial charge in [-0.05, 0) is 37.8 Å². The van der Waals surface area contributed by atoms with E-state index in [0.29, 0.717) is 5.92 Å². The standard InChI is InChI=1S/C14H20N2O2S/c1-12-7-9-14(10-8-12)19(17,18)16-15-11-13-5-3-2-4-6-13/h7-11,13,16H,2-6H2,1H3/b15-11+. The molecule has 1 aliphatic carbocycles. The van der Waals surface area contributed by atoms with Crippen molar-refractivity contribution >= 4 is 16.2 Å². The lowest BCUT2D eigenvalue weighted by atomic mass is 9.90. The van der Waals surface area contributed by atoms with E-state index in [1.54, 1.807) is 30.5 Å². The molecular weight excluding hydrogens is 260 g/mol. The number of benzene rings is 1. The predicted octanol–water partition coefficient (Wildman–Crippen LogP) is 2.84. The molecule has 19 heavy (non-hydrogen) atoms. The van der Waals surface area contributed by atoms with Crippen molar-refractivity contribution in [2.75, 3.05) is 0 Å². The smallest absolute Gasteiger partial charge is 0.200 e. The average Bonchev–Trinajstić information content (AvgIpc) is 2.40. The Hall–Kier alpha value is -1.36. The lowest BCUT2D eigenvalue weighted by Crippen LogP contribution is -2.19. The van der Waals surface area contributed by atoms with Crippen LogP contribution in [0.15, 0.2) is 34.3 Å². The highest BCUT2D eigenvalue weighted by Crippen LogP contribution is 2.21. The molecule has 0 atom stereocenters. The average molecular weight is 280 g/mol. The molecule has 1 saturated carbocycles. The van der Waals surface area contributed by atoms with Gasteiger partial charge in [0.2, 0.25) is 0 Å². The van der Waals surface area contributed by atoms with Crippen LogP contribution in [0.5, 0.6) is 0 Å². The Bertz CT molecular complexity index is 529. The van der Waals surface area contributed by atoms with Crippen LogP contribution in [0.25, 0.3) is 0 Å². The summed E-state index contributed by atoms with van der Waals surface area (Å²) in [5.74, 6) is 0.412. The van der Waals surface area contributed by atoms with Crippen molar-refractivity contribution in [2.45, 2.75) is 43.9 Å². The summed E-state index contributed by atoms with van der Waals surface area (Å²) < 4.78 is 23.9. The molecule has 5 heteroatoms. The minimum atomic E-state index is -3.53. The van der Waals surface area contributed by atoms with Crippen LogP contribution in [0.1, 0.15) is 37.7 Å². The van der Waals surface area contributed by atoms with Crippen LogP contribution in [-0.2, 0) is 10.0 Å². The largest absolute Gasteiger partial charge is 0.276 e. The monoisotopic (exact) mass is 280 g/mol. The molecule has 2 rings (SSSR count). The molecule has 0 spiro atoms. The lowest BCUT2D eigenvalue weighted by molar-refractivity contribution is 0.444. The Morgan fingerprint density at radius 3 is 2.42 bits per heavy atom. The zero-order chi connectivity index (χ0) is 13.7.